The van der Waals surface area contributed by atoms with Crippen molar-refractivity contribution in [2.75, 3.05) is 13.1 Å². The highest BCUT2D eigenvalue weighted by Gasteiger charge is 2.22. The summed E-state index contributed by atoms with van der Waals surface area (Å²) in [6.45, 7) is 3.61. The Morgan fingerprint density at radius 2 is 1.94 bits per heavy atom. The van der Waals surface area contributed by atoms with Gasteiger partial charge in [-0.1, -0.05) is 39.0 Å². The van der Waals surface area contributed by atoms with Gasteiger partial charge in [0.15, 0.2) is 6.17 Å². The summed E-state index contributed by atoms with van der Waals surface area (Å²) in [6, 6.07) is 0. The molecule has 0 saturated carbocycles. The van der Waals surface area contributed by atoms with Crippen molar-refractivity contribution in [3.05, 3.63) is 0 Å². The van der Waals surface area contributed by atoms with E-state index in [1.807, 2.05) is 0 Å². The molecular weight excluding hydrogens is 207 g/mol. The van der Waals surface area contributed by atoms with Gasteiger partial charge in [-0.25, -0.2) is 4.39 Å². The molecule has 4 heteroatoms. The van der Waals surface area contributed by atoms with Gasteiger partial charge in [0, 0.05) is 13.0 Å². The summed E-state index contributed by atoms with van der Waals surface area (Å²) in [5.74, 6) is -0.458. The molecule has 0 aromatic carbocycles. The van der Waals surface area contributed by atoms with Gasteiger partial charge in [0.2, 0.25) is 0 Å². The average Bonchev–Trinajstić information content (AvgIpc) is 2.64. The van der Waals surface area contributed by atoms with Crippen LogP contribution < -0.4 is 11.1 Å². The lowest BCUT2D eigenvalue weighted by atomic mass is 10.1. The first-order valence-electron chi connectivity index (χ1n) is 6.34. The maximum Gasteiger partial charge on any atom is 0.254 e. The summed E-state index contributed by atoms with van der Waals surface area (Å²) in [6.07, 6.45) is 7.16. The molecule has 0 aromatic heterocycles. The Bertz CT molecular complexity index is 170. The predicted molar refractivity (Wildman–Crippen MR) is 65.0 cm³/mol. The molecule has 1 saturated heterocycles. The number of unbranched alkanes of at least 4 members (excludes halogenated alkanes) is 5. The van der Waals surface area contributed by atoms with Crippen LogP contribution in [0.3, 0.4) is 0 Å². The van der Waals surface area contributed by atoms with Gasteiger partial charge in [0.1, 0.15) is 0 Å². The van der Waals surface area contributed by atoms with Crippen LogP contribution >= 0.6 is 0 Å². The molecule has 0 radical (unpaired) electrons. The highest BCUT2D eigenvalue weighted by molar-refractivity contribution is 5.82. The van der Waals surface area contributed by atoms with Crippen LogP contribution in [0.1, 0.15) is 51.9 Å². The summed E-state index contributed by atoms with van der Waals surface area (Å²) < 4.78 is 11.9. The van der Waals surface area contributed by atoms with Crippen molar-refractivity contribution in [1.82, 2.24) is 5.32 Å². The first kappa shape index (κ1) is 15.4. The number of carbonyl (C=O) groups is 1. The third-order valence-corrected chi connectivity index (χ3v) is 2.54. The molecule has 1 aliphatic rings. The molecule has 1 unspecified atom stereocenters. The molecule has 3 N–H and O–H groups in total. The molecule has 1 atom stereocenters. The maximum atomic E-state index is 11.9. The van der Waals surface area contributed by atoms with E-state index in [0.29, 0.717) is 13.0 Å². The van der Waals surface area contributed by atoms with Crippen LogP contribution in [0.15, 0.2) is 0 Å². The minimum absolute atomic E-state index is 0.346. The zero-order chi connectivity index (χ0) is 12.2. The molecule has 96 valence electrons. The van der Waals surface area contributed by atoms with Crippen LogP contribution in [0, 0.1) is 0 Å². The van der Waals surface area contributed by atoms with Gasteiger partial charge >= 0.3 is 0 Å². The molecule has 0 spiro atoms. The molecule has 1 heterocycles. The maximum absolute atomic E-state index is 11.9. The highest BCUT2D eigenvalue weighted by atomic mass is 19.1. The van der Waals surface area contributed by atoms with Crippen LogP contribution in [0.4, 0.5) is 4.39 Å². The molecule has 16 heavy (non-hydrogen) atoms. The molecule has 0 bridgehead atoms. The lowest BCUT2D eigenvalue weighted by Crippen LogP contribution is -2.19. The quantitative estimate of drug-likeness (QED) is 0.689. The SMILES string of the molecule is CCCCCCCCN.O=C1NCCC1F. The Balaban J connectivity index is 0.000000288. The first-order chi connectivity index (χ1) is 7.72. The second kappa shape index (κ2) is 10.9. The van der Waals surface area contributed by atoms with E-state index in [2.05, 4.69) is 12.2 Å². The van der Waals surface area contributed by atoms with Crippen molar-refractivity contribution in [3.8, 4) is 0 Å². The number of rotatable bonds is 6. The molecule has 0 aliphatic carbocycles. The summed E-state index contributed by atoms with van der Waals surface area (Å²) in [4.78, 5) is 10.1. The molecular formula is C12H25FN2O. The number of nitrogens with one attached hydrogen (secondary N) is 1. The van der Waals surface area contributed by atoms with Gasteiger partial charge in [0.05, 0.1) is 0 Å². The van der Waals surface area contributed by atoms with Gasteiger partial charge in [0.25, 0.3) is 5.91 Å². The van der Waals surface area contributed by atoms with Crippen molar-refractivity contribution < 1.29 is 9.18 Å². The van der Waals surface area contributed by atoms with Crippen LogP contribution in [-0.4, -0.2) is 25.2 Å². The van der Waals surface area contributed by atoms with E-state index >= 15 is 0 Å². The van der Waals surface area contributed by atoms with Gasteiger partial charge in [-0.3, -0.25) is 4.79 Å². The number of carbonyl (C=O) groups excluding carboxylic acids is 1. The van der Waals surface area contributed by atoms with E-state index in [1.54, 1.807) is 0 Å². The minimum atomic E-state index is -1.24. The third kappa shape index (κ3) is 8.65. The summed E-state index contributed by atoms with van der Waals surface area (Å²) in [7, 11) is 0. The van der Waals surface area contributed by atoms with E-state index in [9.17, 15) is 9.18 Å². The van der Waals surface area contributed by atoms with Crippen molar-refractivity contribution in [3.63, 3.8) is 0 Å². The lowest BCUT2D eigenvalue weighted by molar-refractivity contribution is -0.123. The van der Waals surface area contributed by atoms with E-state index in [0.717, 1.165) is 6.54 Å². The Kier molecular flexibility index (Phi) is 10.4. The Labute approximate surface area is 98.0 Å². The lowest BCUT2D eigenvalue weighted by Gasteiger charge is -1.96. The van der Waals surface area contributed by atoms with Crippen molar-refractivity contribution >= 4 is 5.91 Å². The second-order valence-corrected chi connectivity index (χ2v) is 4.10. The van der Waals surface area contributed by atoms with Crippen molar-refractivity contribution in [1.29, 1.82) is 0 Å². The fourth-order valence-corrected chi connectivity index (χ4v) is 1.49. The van der Waals surface area contributed by atoms with Crippen LogP contribution in [0.5, 0.6) is 0 Å². The number of hydrogen-bond acceptors (Lipinski definition) is 2. The topological polar surface area (TPSA) is 55.1 Å². The van der Waals surface area contributed by atoms with Gasteiger partial charge < -0.3 is 11.1 Å². The van der Waals surface area contributed by atoms with E-state index in [4.69, 9.17) is 5.73 Å². The third-order valence-electron chi connectivity index (χ3n) is 2.54. The molecule has 1 aliphatic heterocycles. The number of halogens is 1. The molecule has 1 amide bonds. The minimum Gasteiger partial charge on any atom is -0.353 e. The van der Waals surface area contributed by atoms with Crippen LogP contribution in [0.2, 0.25) is 0 Å². The van der Waals surface area contributed by atoms with E-state index < -0.39 is 12.1 Å². The smallest absolute Gasteiger partial charge is 0.254 e. The molecule has 1 fully saturated rings. The standard InChI is InChI=1S/C8H19N.C4H6FNO/c1-2-3-4-5-6-7-8-9;5-3-1-2-6-4(3)7/h2-9H2,1H3;3H,1-2H2,(H,6,7). The largest absolute Gasteiger partial charge is 0.353 e. The Morgan fingerprint density at radius 3 is 2.31 bits per heavy atom. The van der Waals surface area contributed by atoms with E-state index in [1.165, 1.54) is 38.5 Å². The van der Waals surface area contributed by atoms with Gasteiger partial charge in [-0.15, -0.1) is 0 Å². The summed E-state index contributed by atoms with van der Waals surface area (Å²) in [5, 5.41) is 2.36. The number of nitrogens with two attached hydrogens (primary N) is 1. The first-order valence-corrected chi connectivity index (χ1v) is 6.34. The normalized spacial score (nSPS) is 18.9. The highest BCUT2D eigenvalue weighted by Crippen LogP contribution is 2.03. The molecule has 1 rings (SSSR count). The van der Waals surface area contributed by atoms with Crippen molar-refractivity contribution in [2.24, 2.45) is 5.73 Å². The zero-order valence-corrected chi connectivity index (χ0v) is 10.3. The Hall–Kier alpha value is -0.640. The number of amides is 1. The summed E-state index contributed by atoms with van der Waals surface area (Å²) >= 11 is 0. The molecule has 3 nitrogen and oxygen atoms in total. The fourth-order valence-electron chi connectivity index (χ4n) is 1.49. The number of alkyl halides is 1. The monoisotopic (exact) mass is 232 g/mol. The summed E-state index contributed by atoms with van der Waals surface area (Å²) in [5.41, 5.74) is 5.34. The van der Waals surface area contributed by atoms with Gasteiger partial charge in [-0.05, 0) is 13.0 Å². The Morgan fingerprint density at radius 1 is 1.31 bits per heavy atom. The van der Waals surface area contributed by atoms with Crippen LogP contribution in [-0.2, 0) is 4.79 Å². The van der Waals surface area contributed by atoms with Crippen LogP contribution in [0.25, 0.3) is 0 Å². The van der Waals surface area contributed by atoms with Gasteiger partial charge in [-0.2, -0.15) is 0 Å². The predicted octanol–water partition coefficient (Wildman–Crippen LogP) is 2.15. The molecule has 0 aromatic rings. The fraction of sp³-hybridized carbons (Fsp3) is 0.917. The van der Waals surface area contributed by atoms with Crippen molar-refractivity contribution in [2.45, 2.75) is 58.0 Å². The zero-order valence-electron chi connectivity index (χ0n) is 10.3. The van der Waals surface area contributed by atoms with E-state index in [-0.39, 0.29) is 0 Å². The number of hydrogen-bond donors (Lipinski definition) is 2. The average molecular weight is 232 g/mol. The second-order valence-electron chi connectivity index (χ2n) is 4.10.